The van der Waals surface area contributed by atoms with Gasteiger partial charge in [0.1, 0.15) is 0 Å². The maximum atomic E-state index is 13.0. The molecule has 0 saturated carbocycles. The summed E-state index contributed by atoms with van der Waals surface area (Å²) in [7, 11) is 0. The number of carbonyl (C=O) groups excluding carboxylic acids is 1. The molecule has 0 bridgehead atoms. The molecule has 0 aromatic heterocycles. The van der Waals surface area contributed by atoms with Crippen molar-refractivity contribution >= 4 is 17.7 Å². The minimum atomic E-state index is 0.0391. The van der Waals surface area contributed by atoms with Crippen LogP contribution < -0.4 is 0 Å². The summed E-state index contributed by atoms with van der Waals surface area (Å²) in [5.74, 6) is 0.329. The number of likely N-dealkylation sites (tertiary alicyclic amines) is 2. The Morgan fingerprint density at radius 3 is 2.61 bits per heavy atom. The Morgan fingerprint density at radius 1 is 1.26 bits per heavy atom. The zero-order valence-electron chi connectivity index (χ0n) is 14.3. The van der Waals surface area contributed by atoms with E-state index in [-0.39, 0.29) is 5.25 Å². The number of hydrogen-bond acceptors (Lipinski definition) is 3. The smallest absolute Gasteiger partial charge is 0.236 e. The molecule has 1 aromatic carbocycles. The predicted octanol–water partition coefficient (Wildman–Crippen LogP) is 3.64. The Hall–Kier alpha value is -1.00. The van der Waals surface area contributed by atoms with Gasteiger partial charge in [-0.1, -0.05) is 25.1 Å². The lowest BCUT2D eigenvalue weighted by Gasteiger charge is -2.27. The molecule has 2 saturated heterocycles. The van der Waals surface area contributed by atoms with Gasteiger partial charge < -0.3 is 4.90 Å². The summed E-state index contributed by atoms with van der Waals surface area (Å²) in [6, 6.07) is 11.3. The lowest BCUT2D eigenvalue weighted by molar-refractivity contribution is -0.131. The molecule has 3 rings (SSSR count). The van der Waals surface area contributed by atoms with Crippen LogP contribution in [0, 0.1) is 0 Å². The van der Waals surface area contributed by atoms with Crippen LogP contribution in [0.4, 0.5) is 0 Å². The largest absolute Gasteiger partial charge is 0.337 e. The molecule has 0 N–H and O–H groups in total. The maximum absolute atomic E-state index is 13.0. The molecule has 1 aromatic rings. The van der Waals surface area contributed by atoms with E-state index < -0.39 is 0 Å². The van der Waals surface area contributed by atoms with Crippen molar-refractivity contribution < 1.29 is 4.79 Å². The van der Waals surface area contributed by atoms with E-state index in [9.17, 15) is 4.79 Å². The first-order valence-electron chi connectivity index (χ1n) is 8.95. The molecule has 2 aliphatic rings. The first-order valence-corrected chi connectivity index (χ1v) is 9.83. The summed E-state index contributed by atoms with van der Waals surface area (Å²) in [6.45, 7) is 7.70. The maximum Gasteiger partial charge on any atom is 0.236 e. The number of benzene rings is 1. The third-order valence-corrected chi connectivity index (χ3v) is 6.52. The van der Waals surface area contributed by atoms with E-state index in [0.717, 1.165) is 19.4 Å². The Bertz CT molecular complexity index is 515. The van der Waals surface area contributed by atoms with E-state index in [2.05, 4.69) is 35.8 Å². The fraction of sp³-hybridized carbons (Fsp3) is 0.632. The Balaban J connectivity index is 1.63. The van der Waals surface area contributed by atoms with Crippen molar-refractivity contribution in [1.29, 1.82) is 0 Å². The highest BCUT2D eigenvalue weighted by atomic mass is 32.2. The number of carbonyl (C=O) groups is 1. The second-order valence-electron chi connectivity index (χ2n) is 6.80. The van der Waals surface area contributed by atoms with Crippen LogP contribution in [-0.2, 0) is 4.79 Å². The van der Waals surface area contributed by atoms with Crippen LogP contribution in [0.25, 0.3) is 0 Å². The molecule has 0 radical (unpaired) electrons. The van der Waals surface area contributed by atoms with Crippen LogP contribution in [0.1, 0.15) is 39.5 Å². The van der Waals surface area contributed by atoms with E-state index in [1.54, 1.807) is 11.8 Å². The number of nitrogens with zero attached hydrogens (tertiary/aromatic N) is 2. The van der Waals surface area contributed by atoms with Gasteiger partial charge in [-0.15, -0.1) is 11.8 Å². The highest BCUT2D eigenvalue weighted by molar-refractivity contribution is 8.00. The highest BCUT2D eigenvalue weighted by Gasteiger charge is 2.38. The Kier molecular flexibility index (Phi) is 5.65. The molecule has 2 fully saturated rings. The Morgan fingerprint density at radius 2 is 1.96 bits per heavy atom. The van der Waals surface area contributed by atoms with Gasteiger partial charge in [0.05, 0.1) is 5.25 Å². The SMILES string of the molecule is CC[C@H](Sc1ccccc1)C(=O)N1C[C@@H](N2CCCC2)C[C@@H]1C. The molecule has 2 heterocycles. The van der Waals surface area contributed by atoms with Crippen LogP contribution in [0.2, 0.25) is 0 Å². The van der Waals surface area contributed by atoms with Crippen molar-refractivity contribution in [1.82, 2.24) is 9.80 Å². The third-order valence-electron chi connectivity index (χ3n) is 5.16. The van der Waals surface area contributed by atoms with Crippen molar-refractivity contribution in [2.45, 2.75) is 61.8 Å². The van der Waals surface area contributed by atoms with E-state index in [1.165, 1.54) is 30.8 Å². The second kappa shape index (κ2) is 7.71. The summed E-state index contributed by atoms with van der Waals surface area (Å²) >= 11 is 1.71. The Labute approximate surface area is 144 Å². The first-order chi connectivity index (χ1) is 11.2. The molecule has 2 aliphatic heterocycles. The predicted molar refractivity (Wildman–Crippen MR) is 96.8 cm³/mol. The minimum absolute atomic E-state index is 0.0391. The van der Waals surface area contributed by atoms with Gasteiger partial charge in [-0.3, -0.25) is 9.69 Å². The molecule has 0 aliphatic carbocycles. The summed E-state index contributed by atoms with van der Waals surface area (Å²) in [6.07, 6.45) is 4.66. The molecule has 0 spiro atoms. The normalized spacial score (nSPS) is 26.6. The molecule has 3 atom stereocenters. The van der Waals surface area contributed by atoms with E-state index in [1.807, 2.05) is 18.2 Å². The van der Waals surface area contributed by atoms with Crippen LogP contribution in [0.15, 0.2) is 35.2 Å². The van der Waals surface area contributed by atoms with Crippen molar-refractivity contribution in [3.63, 3.8) is 0 Å². The summed E-state index contributed by atoms with van der Waals surface area (Å²) < 4.78 is 0. The number of hydrogen-bond donors (Lipinski definition) is 0. The standard InChI is InChI=1S/C19H28N2OS/c1-3-18(23-17-9-5-4-6-10-17)19(22)21-14-16(13-15(21)2)20-11-7-8-12-20/h4-6,9-10,15-16,18H,3,7-8,11-14H2,1-2H3/t15-,16-,18-/m0/s1. The summed E-state index contributed by atoms with van der Waals surface area (Å²) in [4.78, 5) is 19.0. The van der Waals surface area contributed by atoms with Crippen molar-refractivity contribution in [3.8, 4) is 0 Å². The summed E-state index contributed by atoms with van der Waals surface area (Å²) in [5.41, 5.74) is 0. The third kappa shape index (κ3) is 3.92. The zero-order valence-corrected chi connectivity index (χ0v) is 15.1. The molecule has 23 heavy (non-hydrogen) atoms. The average Bonchev–Trinajstić information content (AvgIpc) is 3.22. The zero-order chi connectivity index (χ0) is 16.2. The van der Waals surface area contributed by atoms with Crippen molar-refractivity contribution in [3.05, 3.63) is 30.3 Å². The number of rotatable bonds is 5. The van der Waals surface area contributed by atoms with Crippen LogP contribution in [0.5, 0.6) is 0 Å². The summed E-state index contributed by atoms with van der Waals surface area (Å²) in [5, 5.41) is 0.0391. The van der Waals surface area contributed by atoms with Gasteiger partial charge in [0.15, 0.2) is 0 Å². The first kappa shape index (κ1) is 16.8. The van der Waals surface area contributed by atoms with Crippen LogP contribution in [0.3, 0.4) is 0 Å². The average molecular weight is 333 g/mol. The molecule has 1 amide bonds. The van der Waals surface area contributed by atoms with Gasteiger partial charge in [0, 0.05) is 23.5 Å². The fourth-order valence-corrected chi connectivity index (χ4v) is 4.88. The molecule has 3 nitrogen and oxygen atoms in total. The lowest BCUT2D eigenvalue weighted by atomic mass is 10.2. The fourth-order valence-electron chi connectivity index (χ4n) is 3.84. The molecular formula is C19H28N2OS. The molecular weight excluding hydrogens is 304 g/mol. The lowest BCUT2D eigenvalue weighted by Crippen LogP contribution is -2.41. The van der Waals surface area contributed by atoms with Gasteiger partial charge in [-0.2, -0.15) is 0 Å². The number of thioether (sulfide) groups is 1. The van der Waals surface area contributed by atoms with Gasteiger partial charge >= 0.3 is 0 Å². The van der Waals surface area contributed by atoms with Gasteiger partial charge in [0.25, 0.3) is 0 Å². The van der Waals surface area contributed by atoms with Crippen molar-refractivity contribution in [2.24, 2.45) is 0 Å². The quantitative estimate of drug-likeness (QED) is 0.769. The van der Waals surface area contributed by atoms with Crippen molar-refractivity contribution in [2.75, 3.05) is 19.6 Å². The topological polar surface area (TPSA) is 23.6 Å². The van der Waals surface area contributed by atoms with Gasteiger partial charge in [-0.25, -0.2) is 0 Å². The van der Waals surface area contributed by atoms with Crippen LogP contribution in [-0.4, -0.2) is 52.7 Å². The second-order valence-corrected chi connectivity index (χ2v) is 8.08. The van der Waals surface area contributed by atoms with Gasteiger partial charge in [0.2, 0.25) is 5.91 Å². The van der Waals surface area contributed by atoms with E-state index >= 15 is 0 Å². The monoisotopic (exact) mass is 332 g/mol. The molecule has 4 heteroatoms. The highest BCUT2D eigenvalue weighted by Crippen LogP contribution is 2.31. The van der Waals surface area contributed by atoms with Gasteiger partial charge in [-0.05, 0) is 57.8 Å². The molecule has 0 unspecified atom stereocenters. The minimum Gasteiger partial charge on any atom is -0.337 e. The number of amides is 1. The van der Waals surface area contributed by atoms with Crippen LogP contribution >= 0.6 is 11.8 Å². The van der Waals surface area contributed by atoms with E-state index in [0.29, 0.717) is 18.0 Å². The van der Waals surface area contributed by atoms with E-state index in [4.69, 9.17) is 0 Å². The molecule has 126 valence electrons.